The van der Waals surface area contributed by atoms with Gasteiger partial charge in [0.15, 0.2) is 0 Å². The molecule has 3 heterocycles. The van der Waals surface area contributed by atoms with Gasteiger partial charge in [-0.1, -0.05) is 11.6 Å². The molecule has 3 aliphatic heterocycles. The number of likely N-dealkylation sites (tertiary alicyclic amines) is 1. The van der Waals surface area contributed by atoms with Crippen LogP contribution in [0.3, 0.4) is 0 Å². The minimum Gasteiger partial charge on any atom is -0.441 e. The summed E-state index contributed by atoms with van der Waals surface area (Å²) in [4.78, 5) is 17.8. The number of hydrogen-bond donors (Lipinski definition) is 1. The molecule has 11 heteroatoms. The van der Waals surface area contributed by atoms with Gasteiger partial charge in [0.25, 0.3) is 0 Å². The lowest BCUT2D eigenvalue weighted by Gasteiger charge is -2.51. The molecule has 5 aliphatic rings. The Morgan fingerprint density at radius 2 is 1.74 bits per heavy atom. The molecule has 38 heavy (non-hydrogen) atoms. The van der Waals surface area contributed by atoms with Crippen molar-refractivity contribution >= 4 is 27.7 Å². The van der Waals surface area contributed by atoms with E-state index in [1.165, 1.54) is 0 Å². The molecule has 6 rings (SSSR count). The van der Waals surface area contributed by atoms with Crippen LogP contribution in [0.15, 0.2) is 29.2 Å². The maximum atomic E-state index is 14.2. The van der Waals surface area contributed by atoms with Gasteiger partial charge in [-0.15, -0.1) is 0 Å². The van der Waals surface area contributed by atoms with E-state index in [0.717, 1.165) is 25.7 Å². The highest BCUT2D eigenvalue weighted by Crippen LogP contribution is 2.53. The lowest BCUT2D eigenvalue weighted by atomic mass is 9.90. The predicted octanol–water partition coefficient (Wildman–Crippen LogP) is 3.10. The highest BCUT2D eigenvalue weighted by molar-refractivity contribution is 7.89. The zero-order valence-electron chi connectivity index (χ0n) is 22.1. The molecule has 2 bridgehead atoms. The molecule has 4 atom stereocenters. The van der Waals surface area contributed by atoms with Crippen LogP contribution in [0.4, 0.5) is 4.79 Å². The Morgan fingerprint density at radius 3 is 2.29 bits per heavy atom. The number of benzene rings is 1. The molecule has 1 aromatic rings. The molecule has 2 saturated carbocycles. The number of ether oxygens (including phenoxy) is 2. The molecule has 0 aromatic heterocycles. The fourth-order valence-corrected chi connectivity index (χ4v) is 9.22. The molecule has 0 spiro atoms. The van der Waals surface area contributed by atoms with Crippen molar-refractivity contribution in [3.63, 3.8) is 0 Å². The molecule has 210 valence electrons. The minimum absolute atomic E-state index is 0.110. The first-order valence-electron chi connectivity index (χ1n) is 13.8. The molecule has 2 aliphatic carbocycles. The average Bonchev–Trinajstić information content (AvgIpc) is 3.79. The maximum absolute atomic E-state index is 14.2. The average molecular weight is 568 g/mol. The standard InChI is InChI=1S/C27H38ClN3O6S/c1-26(2)24(18-3-4-18)31(38(34,35)22-9-5-19(28)6-10-22)23(17-36-26)27(11-12-27)37-25(33)29-15-20-7-8-21(16-29)30(20)13-14-32/h5-6,9-10,18,20-21,23-24,32H,3-4,7-8,11-17H2,1-2H3/t20?,21?,23-,24-/m1/s1. The summed E-state index contributed by atoms with van der Waals surface area (Å²) in [6, 6.07) is 5.79. The Balaban J connectivity index is 1.28. The van der Waals surface area contributed by atoms with E-state index >= 15 is 0 Å². The smallest absolute Gasteiger partial charge is 0.410 e. The SMILES string of the molecule is CC1(C)OC[C@H](C2(OC(=O)N3CC4CCC(C3)N4CCO)CC2)N(S(=O)(=O)c2ccc(Cl)cc2)[C@@H]1C1CC1. The second-order valence-corrected chi connectivity index (χ2v) is 14.5. The third-order valence-electron chi connectivity index (χ3n) is 9.25. The normalized spacial score (nSPS) is 32.8. The van der Waals surface area contributed by atoms with Crippen LogP contribution in [0.25, 0.3) is 0 Å². The number of amides is 1. The van der Waals surface area contributed by atoms with Crippen molar-refractivity contribution in [2.75, 3.05) is 32.8 Å². The van der Waals surface area contributed by atoms with Gasteiger partial charge >= 0.3 is 6.09 Å². The van der Waals surface area contributed by atoms with Crippen molar-refractivity contribution in [3.8, 4) is 0 Å². The van der Waals surface area contributed by atoms with E-state index < -0.39 is 27.3 Å². The maximum Gasteiger partial charge on any atom is 0.410 e. The van der Waals surface area contributed by atoms with Gasteiger partial charge in [-0.25, -0.2) is 13.2 Å². The summed E-state index contributed by atoms with van der Waals surface area (Å²) < 4.78 is 42.7. The van der Waals surface area contributed by atoms with Crippen LogP contribution in [-0.2, 0) is 19.5 Å². The van der Waals surface area contributed by atoms with E-state index in [-0.39, 0.29) is 48.2 Å². The summed E-state index contributed by atoms with van der Waals surface area (Å²) in [5.74, 6) is 0.205. The molecule has 0 radical (unpaired) electrons. The van der Waals surface area contributed by atoms with Gasteiger partial charge in [-0.3, -0.25) is 4.90 Å². The van der Waals surface area contributed by atoms with Gasteiger partial charge in [-0.2, -0.15) is 4.31 Å². The van der Waals surface area contributed by atoms with Gasteiger partial charge in [-0.05, 0) is 82.6 Å². The third-order valence-corrected chi connectivity index (χ3v) is 11.4. The van der Waals surface area contributed by atoms with Crippen LogP contribution in [0.5, 0.6) is 0 Å². The number of aliphatic hydroxyl groups excluding tert-OH is 1. The van der Waals surface area contributed by atoms with Gasteiger partial charge < -0.3 is 19.5 Å². The van der Waals surface area contributed by atoms with E-state index in [1.54, 1.807) is 33.5 Å². The Bertz CT molecular complexity index is 1160. The van der Waals surface area contributed by atoms with Crippen molar-refractivity contribution in [1.82, 2.24) is 14.1 Å². The van der Waals surface area contributed by atoms with Gasteiger partial charge in [0.1, 0.15) is 5.60 Å². The number of hydrogen-bond acceptors (Lipinski definition) is 7. The van der Waals surface area contributed by atoms with E-state index in [4.69, 9.17) is 21.1 Å². The van der Waals surface area contributed by atoms with Crippen molar-refractivity contribution < 1.29 is 27.8 Å². The van der Waals surface area contributed by atoms with Gasteiger partial charge in [0, 0.05) is 36.7 Å². The molecular formula is C27H38ClN3O6S. The Hall–Kier alpha value is -1.43. The van der Waals surface area contributed by atoms with E-state index in [2.05, 4.69) is 4.90 Å². The van der Waals surface area contributed by atoms with Crippen LogP contribution in [-0.4, -0.2) is 102 Å². The Labute approximate surface area is 230 Å². The lowest BCUT2D eigenvalue weighted by Crippen LogP contribution is -2.67. The first-order chi connectivity index (χ1) is 18.1. The highest BCUT2D eigenvalue weighted by Gasteiger charge is 2.65. The number of rotatable bonds is 7. The van der Waals surface area contributed by atoms with E-state index in [0.29, 0.717) is 37.5 Å². The highest BCUT2D eigenvalue weighted by atomic mass is 35.5. The number of halogens is 1. The van der Waals surface area contributed by atoms with Crippen LogP contribution < -0.4 is 0 Å². The van der Waals surface area contributed by atoms with E-state index in [1.807, 2.05) is 13.8 Å². The molecule has 9 nitrogen and oxygen atoms in total. The quantitative estimate of drug-likeness (QED) is 0.540. The van der Waals surface area contributed by atoms with Crippen LogP contribution >= 0.6 is 11.6 Å². The number of morpholine rings is 1. The fraction of sp³-hybridized carbons (Fsp3) is 0.741. The number of piperazine rings is 1. The molecule has 1 N–H and O–H groups in total. The molecular weight excluding hydrogens is 530 g/mol. The summed E-state index contributed by atoms with van der Waals surface area (Å²) in [5, 5.41) is 9.91. The summed E-state index contributed by atoms with van der Waals surface area (Å²) in [5.41, 5.74) is -1.57. The Kier molecular flexibility index (Phi) is 6.76. The number of sulfonamides is 1. The second-order valence-electron chi connectivity index (χ2n) is 12.2. The Morgan fingerprint density at radius 1 is 1.11 bits per heavy atom. The number of fused-ring (bicyclic) bond motifs is 2. The molecule has 3 saturated heterocycles. The first-order valence-corrected chi connectivity index (χ1v) is 15.7. The van der Waals surface area contributed by atoms with Crippen LogP contribution in [0, 0.1) is 5.92 Å². The van der Waals surface area contributed by atoms with Crippen LogP contribution in [0.1, 0.15) is 52.4 Å². The monoisotopic (exact) mass is 567 g/mol. The summed E-state index contributed by atoms with van der Waals surface area (Å²) >= 11 is 6.07. The molecule has 1 amide bonds. The summed E-state index contributed by atoms with van der Waals surface area (Å²) in [6.45, 7) is 5.96. The third kappa shape index (κ3) is 4.65. The van der Waals surface area contributed by atoms with Crippen molar-refractivity contribution in [2.45, 2.75) is 92.6 Å². The number of carbonyl (C=O) groups excluding carboxylic acids is 1. The van der Waals surface area contributed by atoms with E-state index in [9.17, 15) is 18.3 Å². The number of carbonyl (C=O) groups is 1. The zero-order chi connectivity index (χ0) is 26.9. The molecule has 5 fully saturated rings. The fourth-order valence-electron chi connectivity index (χ4n) is 7.05. The topological polar surface area (TPSA) is 99.6 Å². The minimum atomic E-state index is -3.92. The largest absolute Gasteiger partial charge is 0.441 e. The number of aliphatic hydroxyl groups is 1. The summed E-state index contributed by atoms with van der Waals surface area (Å²) in [7, 11) is -3.92. The summed E-state index contributed by atoms with van der Waals surface area (Å²) in [6.07, 6.45) is 4.74. The van der Waals surface area contributed by atoms with Crippen molar-refractivity contribution in [3.05, 3.63) is 29.3 Å². The van der Waals surface area contributed by atoms with Crippen molar-refractivity contribution in [1.29, 1.82) is 0 Å². The van der Waals surface area contributed by atoms with Crippen molar-refractivity contribution in [2.24, 2.45) is 5.92 Å². The van der Waals surface area contributed by atoms with Gasteiger partial charge in [0.05, 0.1) is 35.8 Å². The van der Waals surface area contributed by atoms with Gasteiger partial charge in [0.2, 0.25) is 10.0 Å². The predicted molar refractivity (Wildman–Crippen MR) is 141 cm³/mol. The first kappa shape index (κ1) is 26.8. The lowest BCUT2D eigenvalue weighted by molar-refractivity contribution is -0.158. The van der Waals surface area contributed by atoms with Crippen LogP contribution in [0.2, 0.25) is 5.02 Å². The second kappa shape index (κ2) is 9.59. The zero-order valence-corrected chi connectivity index (χ0v) is 23.7. The molecule has 1 aromatic carbocycles. The molecule has 2 unspecified atom stereocenters. The number of nitrogens with zero attached hydrogens (tertiary/aromatic N) is 3.